The lowest BCUT2D eigenvalue weighted by molar-refractivity contribution is 0.387. The quantitative estimate of drug-likeness (QED) is 0.365. The molecule has 0 aliphatic carbocycles. The fraction of sp³-hybridized carbons (Fsp3) is 0.280. The van der Waals surface area contributed by atoms with E-state index in [1.807, 2.05) is 42.5 Å². The van der Waals surface area contributed by atoms with Crippen molar-refractivity contribution >= 4 is 22.9 Å². The number of aromatic nitrogens is 3. The summed E-state index contributed by atoms with van der Waals surface area (Å²) in [4.78, 5) is 7.22. The first-order chi connectivity index (χ1) is 15.7. The largest absolute Gasteiger partial charge is 0.497 e. The Hall–Kier alpha value is -3.25. The number of ether oxygens (including phenoxy) is 2. The first kappa shape index (κ1) is 20.6. The molecule has 0 saturated carbocycles. The van der Waals surface area contributed by atoms with Crippen LogP contribution in [0.15, 0.2) is 54.6 Å². The Morgan fingerprint density at radius 1 is 0.844 bits per heavy atom. The van der Waals surface area contributed by atoms with E-state index in [0.717, 1.165) is 54.2 Å². The minimum absolute atomic E-state index is 0.386. The SMILES string of the molecule is COc1ccc(-c2c(Cl)nc3c(N4CCCCC4)c(-c4ccccc4)nn3c2OC)cc1. The molecule has 3 heterocycles. The molecule has 5 rings (SSSR count). The summed E-state index contributed by atoms with van der Waals surface area (Å²) in [6.45, 7) is 1.95. The summed E-state index contributed by atoms with van der Waals surface area (Å²) in [5, 5.41) is 5.38. The lowest BCUT2D eigenvalue weighted by Gasteiger charge is -2.28. The van der Waals surface area contributed by atoms with Crippen LogP contribution in [0.2, 0.25) is 5.15 Å². The van der Waals surface area contributed by atoms with Gasteiger partial charge in [0.1, 0.15) is 22.3 Å². The minimum Gasteiger partial charge on any atom is -0.497 e. The summed E-state index contributed by atoms with van der Waals surface area (Å²) in [6.07, 6.45) is 3.55. The zero-order chi connectivity index (χ0) is 22.1. The zero-order valence-electron chi connectivity index (χ0n) is 18.2. The van der Waals surface area contributed by atoms with Crippen LogP contribution >= 0.6 is 11.6 Å². The molecule has 0 amide bonds. The highest BCUT2D eigenvalue weighted by Crippen LogP contribution is 2.42. The highest BCUT2D eigenvalue weighted by atomic mass is 35.5. The number of piperidine rings is 1. The van der Waals surface area contributed by atoms with Crippen molar-refractivity contribution in [3.8, 4) is 34.0 Å². The maximum Gasteiger partial charge on any atom is 0.227 e. The van der Waals surface area contributed by atoms with Gasteiger partial charge in [-0.3, -0.25) is 0 Å². The van der Waals surface area contributed by atoms with Crippen molar-refractivity contribution in [1.29, 1.82) is 0 Å². The van der Waals surface area contributed by atoms with Crippen molar-refractivity contribution in [2.24, 2.45) is 0 Å². The van der Waals surface area contributed by atoms with Crippen molar-refractivity contribution in [1.82, 2.24) is 14.6 Å². The Morgan fingerprint density at radius 3 is 2.22 bits per heavy atom. The number of hydrogen-bond acceptors (Lipinski definition) is 5. The molecule has 2 aromatic carbocycles. The van der Waals surface area contributed by atoms with Crippen molar-refractivity contribution in [3.05, 3.63) is 59.8 Å². The van der Waals surface area contributed by atoms with E-state index in [1.54, 1.807) is 18.7 Å². The molecule has 0 spiro atoms. The Labute approximate surface area is 192 Å². The van der Waals surface area contributed by atoms with Gasteiger partial charge < -0.3 is 14.4 Å². The number of halogens is 1. The molecule has 0 atom stereocenters. The van der Waals surface area contributed by atoms with Crippen molar-refractivity contribution in [2.45, 2.75) is 19.3 Å². The maximum atomic E-state index is 6.78. The molecule has 0 unspecified atom stereocenters. The summed E-state index contributed by atoms with van der Waals surface area (Å²) in [7, 11) is 3.29. The number of methoxy groups -OCH3 is 2. The lowest BCUT2D eigenvalue weighted by atomic mass is 10.1. The Bertz CT molecular complexity index is 1230. The van der Waals surface area contributed by atoms with Gasteiger partial charge >= 0.3 is 0 Å². The van der Waals surface area contributed by atoms with Crippen LogP contribution in [0.5, 0.6) is 11.6 Å². The highest BCUT2D eigenvalue weighted by Gasteiger charge is 2.27. The van der Waals surface area contributed by atoms with Gasteiger partial charge in [-0.1, -0.05) is 54.1 Å². The highest BCUT2D eigenvalue weighted by molar-refractivity contribution is 6.32. The number of nitrogens with zero attached hydrogens (tertiary/aromatic N) is 4. The molecular weight excluding hydrogens is 424 g/mol. The van der Waals surface area contributed by atoms with Gasteiger partial charge in [0.25, 0.3) is 0 Å². The topological polar surface area (TPSA) is 51.9 Å². The van der Waals surface area contributed by atoms with Gasteiger partial charge in [0.15, 0.2) is 5.65 Å². The molecule has 1 aliphatic heterocycles. The smallest absolute Gasteiger partial charge is 0.227 e. The second kappa shape index (κ2) is 8.71. The van der Waals surface area contributed by atoms with E-state index >= 15 is 0 Å². The second-order valence-electron chi connectivity index (χ2n) is 7.86. The third kappa shape index (κ3) is 3.54. The van der Waals surface area contributed by atoms with Crippen LogP contribution in [0.3, 0.4) is 0 Å². The fourth-order valence-electron chi connectivity index (χ4n) is 4.37. The number of rotatable bonds is 5. The summed E-state index contributed by atoms with van der Waals surface area (Å²) < 4.78 is 13.0. The molecule has 1 saturated heterocycles. The van der Waals surface area contributed by atoms with Gasteiger partial charge in [-0.2, -0.15) is 9.61 Å². The zero-order valence-corrected chi connectivity index (χ0v) is 19.0. The van der Waals surface area contributed by atoms with Gasteiger partial charge in [-0.05, 0) is 37.0 Å². The molecule has 2 aromatic heterocycles. The number of hydrogen-bond donors (Lipinski definition) is 0. The molecule has 7 heteroatoms. The van der Waals surface area contributed by atoms with Gasteiger partial charge in [-0.25, -0.2) is 4.98 Å². The second-order valence-corrected chi connectivity index (χ2v) is 8.22. The number of fused-ring (bicyclic) bond motifs is 1. The average molecular weight is 449 g/mol. The van der Waals surface area contributed by atoms with Gasteiger partial charge in [0, 0.05) is 18.7 Å². The number of anilines is 1. The van der Waals surface area contributed by atoms with Crippen LogP contribution in [-0.4, -0.2) is 41.9 Å². The average Bonchev–Trinajstić information content (AvgIpc) is 3.23. The van der Waals surface area contributed by atoms with Crippen molar-refractivity contribution < 1.29 is 9.47 Å². The summed E-state index contributed by atoms with van der Waals surface area (Å²) in [5.41, 5.74) is 5.25. The van der Waals surface area contributed by atoms with E-state index in [1.165, 1.54) is 6.42 Å². The fourth-order valence-corrected chi connectivity index (χ4v) is 4.64. The monoisotopic (exact) mass is 448 g/mol. The first-order valence-electron chi connectivity index (χ1n) is 10.8. The third-order valence-corrected chi connectivity index (χ3v) is 6.22. The Balaban J connectivity index is 1.77. The van der Waals surface area contributed by atoms with Crippen LogP contribution in [0.25, 0.3) is 28.0 Å². The van der Waals surface area contributed by atoms with E-state index < -0.39 is 0 Å². The van der Waals surface area contributed by atoms with Gasteiger partial charge in [0.05, 0.1) is 19.8 Å². The predicted octanol–water partition coefficient (Wildman–Crippen LogP) is 5.72. The summed E-state index contributed by atoms with van der Waals surface area (Å²) in [5.74, 6) is 1.33. The van der Waals surface area contributed by atoms with Crippen LogP contribution in [0.1, 0.15) is 19.3 Å². The molecule has 32 heavy (non-hydrogen) atoms. The number of benzene rings is 2. The summed E-state index contributed by atoms with van der Waals surface area (Å²) in [6, 6.07) is 17.9. The van der Waals surface area contributed by atoms with E-state index in [0.29, 0.717) is 22.2 Å². The molecule has 0 N–H and O–H groups in total. The normalized spacial score (nSPS) is 14.0. The van der Waals surface area contributed by atoms with E-state index in [2.05, 4.69) is 17.0 Å². The Kier molecular flexibility index (Phi) is 5.62. The predicted molar refractivity (Wildman–Crippen MR) is 128 cm³/mol. The van der Waals surface area contributed by atoms with Crippen molar-refractivity contribution in [2.75, 3.05) is 32.2 Å². The minimum atomic E-state index is 0.386. The van der Waals surface area contributed by atoms with Gasteiger partial charge in [-0.15, -0.1) is 0 Å². The molecule has 4 aromatic rings. The molecular formula is C25H25ClN4O2. The van der Waals surface area contributed by atoms with Crippen LogP contribution < -0.4 is 14.4 Å². The Morgan fingerprint density at radius 2 is 1.56 bits per heavy atom. The van der Waals surface area contributed by atoms with Crippen LogP contribution in [0.4, 0.5) is 5.69 Å². The molecule has 0 radical (unpaired) electrons. The third-order valence-electron chi connectivity index (χ3n) is 5.94. The molecule has 164 valence electrons. The molecule has 1 aliphatic rings. The maximum absolute atomic E-state index is 6.78. The summed E-state index contributed by atoms with van der Waals surface area (Å²) >= 11 is 6.78. The van der Waals surface area contributed by atoms with Crippen molar-refractivity contribution in [3.63, 3.8) is 0 Å². The molecule has 6 nitrogen and oxygen atoms in total. The van der Waals surface area contributed by atoms with Crippen LogP contribution in [-0.2, 0) is 0 Å². The molecule has 0 bridgehead atoms. The van der Waals surface area contributed by atoms with Crippen LogP contribution in [0, 0.1) is 0 Å². The standard InChI is InChI=1S/C25H25ClN4O2/c1-31-19-13-11-17(12-14-19)20-23(26)27-24-22(29-15-7-4-8-16-29)21(18-9-5-3-6-10-18)28-30(24)25(20)32-2/h3,5-6,9-14H,4,7-8,15-16H2,1-2H3. The molecule has 1 fully saturated rings. The van der Waals surface area contributed by atoms with E-state index in [-0.39, 0.29) is 0 Å². The lowest BCUT2D eigenvalue weighted by Crippen LogP contribution is -2.29. The van der Waals surface area contributed by atoms with E-state index in [4.69, 9.17) is 31.2 Å². The first-order valence-corrected chi connectivity index (χ1v) is 11.2. The van der Waals surface area contributed by atoms with Gasteiger partial charge in [0.2, 0.25) is 5.88 Å². The van der Waals surface area contributed by atoms with E-state index in [9.17, 15) is 0 Å².